The summed E-state index contributed by atoms with van der Waals surface area (Å²) in [6, 6.07) is 7.74. The van der Waals surface area contributed by atoms with E-state index in [1.165, 1.54) is 0 Å². The Balaban J connectivity index is 1.81. The van der Waals surface area contributed by atoms with Crippen LogP contribution in [0.2, 0.25) is 0 Å². The summed E-state index contributed by atoms with van der Waals surface area (Å²) in [5.74, 6) is -0.491. The van der Waals surface area contributed by atoms with Gasteiger partial charge in [0.1, 0.15) is 17.9 Å². The monoisotopic (exact) mass is 355 g/mol. The summed E-state index contributed by atoms with van der Waals surface area (Å²) < 4.78 is 53.3. The molecule has 6 nitrogen and oxygen atoms in total. The van der Waals surface area contributed by atoms with Gasteiger partial charge in [-0.15, -0.1) is 0 Å². The number of para-hydroxylation sites is 2. The average molecular weight is 355 g/mol. The van der Waals surface area contributed by atoms with Crippen molar-refractivity contribution in [3.63, 3.8) is 0 Å². The average Bonchev–Trinajstić information content (AvgIpc) is 3.10. The zero-order valence-corrected chi connectivity index (χ0v) is 13.0. The third-order valence-corrected chi connectivity index (χ3v) is 3.61. The highest BCUT2D eigenvalue weighted by Gasteiger charge is 2.22. The molecule has 0 aliphatic heterocycles. The van der Waals surface area contributed by atoms with Gasteiger partial charge in [0, 0.05) is 7.05 Å². The van der Waals surface area contributed by atoms with E-state index in [2.05, 4.69) is 15.4 Å². The van der Waals surface area contributed by atoms with Crippen molar-refractivity contribution >= 4 is 22.9 Å². The number of rotatable bonds is 5. The Morgan fingerprint density at radius 3 is 2.56 bits per heavy atom. The van der Waals surface area contributed by atoms with Crippen LogP contribution >= 0.6 is 0 Å². The number of nitrogens with one attached hydrogen (secondary N) is 1. The lowest BCUT2D eigenvalue weighted by molar-refractivity contribution is -0.117. The summed E-state index contributed by atoms with van der Waals surface area (Å²) in [5.41, 5.74) is -0.126. The Hall–Kier alpha value is -2.91. The molecule has 0 spiro atoms. The lowest BCUT2D eigenvalue weighted by Crippen LogP contribution is -2.22. The number of halogens is 4. The second kappa shape index (κ2) is 6.54. The molecule has 25 heavy (non-hydrogen) atoms. The van der Waals surface area contributed by atoms with E-state index in [1.807, 2.05) is 0 Å². The van der Waals surface area contributed by atoms with Gasteiger partial charge >= 0.3 is 0 Å². The Bertz CT molecular complexity index is 918. The molecule has 0 aliphatic rings. The number of carbonyl (C=O) groups is 1. The molecule has 0 atom stereocenters. The Labute approximate surface area is 139 Å². The molecule has 0 fully saturated rings. The number of benzene rings is 1. The first-order chi connectivity index (χ1) is 11.9. The molecule has 2 aromatic heterocycles. The Kier molecular flexibility index (Phi) is 4.43. The van der Waals surface area contributed by atoms with Crippen LogP contribution in [0.4, 0.5) is 23.5 Å². The van der Waals surface area contributed by atoms with Crippen LogP contribution in [-0.4, -0.2) is 25.2 Å². The number of amides is 1. The van der Waals surface area contributed by atoms with Gasteiger partial charge in [0.25, 0.3) is 12.9 Å². The number of carbonyl (C=O) groups excluding carboxylic acids is 1. The number of alkyl halides is 4. The minimum atomic E-state index is -3.02. The minimum Gasteiger partial charge on any atom is -0.313 e. The van der Waals surface area contributed by atoms with Gasteiger partial charge in [-0.3, -0.25) is 14.8 Å². The van der Waals surface area contributed by atoms with Crippen LogP contribution in [0.15, 0.2) is 30.3 Å². The van der Waals surface area contributed by atoms with Gasteiger partial charge in [-0.2, -0.15) is 5.10 Å². The predicted octanol–water partition coefficient (Wildman–Crippen LogP) is 3.28. The van der Waals surface area contributed by atoms with Gasteiger partial charge < -0.3 is 4.57 Å². The topological polar surface area (TPSA) is 64.7 Å². The summed E-state index contributed by atoms with van der Waals surface area (Å²) in [7, 11) is 1.68. The first-order valence-corrected chi connectivity index (χ1v) is 7.22. The number of hydrogen-bond acceptors (Lipinski definition) is 3. The van der Waals surface area contributed by atoms with Crippen molar-refractivity contribution in [2.24, 2.45) is 7.05 Å². The highest BCUT2D eigenvalue weighted by molar-refractivity contribution is 5.91. The van der Waals surface area contributed by atoms with Gasteiger partial charge in [0.05, 0.1) is 11.0 Å². The molecule has 0 bridgehead atoms. The number of imidazole rings is 1. The summed E-state index contributed by atoms with van der Waals surface area (Å²) in [6.45, 7) is -0.629. The molecule has 0 saturated carbocycles. The molecular formula is C15H13F4N5O. The summed E-state index contributed by atoms with van der Waals surface area (Å²) in [5, 5.41) is 5.85. The molecule has 132 valence electrons. The quantitative estimate of drug-likeness (QED) is 0.715. The lowest BCUT2D eigenvalue weighted by Gasteiger charge is -2.08. The van der Waals surface area contributed by atoms with Crippen molar-refractivity contribution in [3.05, 3.63) is 41.7 Å². The molecule has 0 saturated heterocycles. The van der Waals surface area contributed by atoms with E-state index >= 15 is 0 Å². The molecule has 0 unspecified atom stereocenters. The molecule has 2 heterocycles. The lowest BCUT2D eigenvalue weighted by atomic mass is 10.3. The van der Waals surface area contributed by atoms with E-state index in [-0.39, 0.29) is 5.95 Å². The maximum atomic E-state index is 12.9. The molecule has 1 aromatic carbocycles. The number of nitrogens with zero attached hydrogens (tertiary/aromatic N) is 4. The molecular weight excluding hydrogens is 342 g/mol. The summed E-state index contributed by atoms with van der Waals surface area (Å²) in [6.07, 6.45) is -6.02. The van der Waals surface area contributed by atoms with Crippen molar-refractivity contribution < 1.29 is 22.4 Å². The van der Waals surface area contributed by atoms with Crippen LogP contribution in [0.5, 0.6) is 0 Å². The highest BCUT2D eigenvalue weighted by atomic mass is 19.3. The molecule has 1 N–H and O–H groups in total. The number of fused-ring (bicyclic) bond motifs is 1. The third-order valence-electron chi connectivity index (χ3n) is 3.61. The number of aryl methyl sites for hydroxylation is 1. The predicted molar refractivity (Wildman–Crippen MR) is 81.5 cm³/mol. The molecule has 1 amide bonds. The highest BCUT2D eigenvalue weighted by Crippen LogP contribution is 2.25. The van der Waals surface area contributed by atoms with Gasteiger partial charge in [0.2, 0.25) is 11.9 Å². The fraction of sp³-hybridized carbons (Fsp3) is 0.267. The molecule has 0 aliphatic carbocycles. The third kappa shape index (κ3) is 3.32. The van der Waals surface area contributed by atoms with Crippen LogP contribution in [0.1, 0.15) is 24.2 Å². The number of aromatic nitrogens is 4. The second-order valence-corrected chi connectivity index (χ2v) is 5.28. The SMILES string of the molecule is Cn1c(NC(=O)Cn2nc(C(F)F)cc2C(F)F)nc2ccccc21. The van der Waals surface area contributed by atoms with E-state index in [9.17, 15) is 22.4 Å². The standard InChI is InChI=1S/C15H13F4N5O/c1-23-10-5-3-2-4-8(10)20-15(23)21-12(25)7-24-11(14(18)19)6-9(22-24)13(16)17/h2-6,13-14H,7H2,1H3,(H,20,21,25). The van der Waals surface area contributed by atoms with E-state index in [0.29, 0.717) is 16.3 Å². The first-order valence-electron chi connectivity index (χ1n) is 7.22. The van der Waals surface area contributed by atoms with E-state index in [1.54, 1.807) is 35.9 Å². The minimum absolute atomic E-state index is 0.214. The molecule has 10 heteroatoms. The zero-order valence-electron chi connectivity index (χ0n) is 13.0. The van der Waals surface area contributed by atoms with Gasteiger partial charge in [-0.25, -0.2) is 22.5 Å². The molecule has 0 radical (unpaired) electrons. The van der Waals surface area contributed by atoms with Crippen molar-refractivity contribution in [3.8, 4) is 0 Å². The largest absolute Gasteiger partial charge is 0.313 e. The summed E-state index contributed by atoms with van der Waals surface area (Å²) >= 11 is 0. The summed E-state index contributed by atoms with van der Waals surface area (Å²) in [4.78, 5) is 16.3. The van der Waals surface area contributed by atoms with Crippen molar-refractivity contribution in [1.82, 2.24) is 19.3 Å². The van der Waals surface area contributed by atoms with E-state index < -0.39 is 36.7 Å². The van der Waals surface area contributed by atoms with Crippen LogP contribution in [-0.2, 0) is 18.4 Å². The van der Waals surface area contributed by atoms with Crippen molar-refractivity contribution in [2.45, 2.75) is 19.4 Å². The normalized spacial score (nSPS) is 11.6. The van der Waals surface area contributed by atoms with Gasteiger partial charge in [0.15, 0.2) is 0 Å². The number of hydrogen-bond donors (Lipinski definition) is 1. The zero-order chi connectivity index (χ0) is 18.1. The van der Waals surface area contributed by atoms with Crippen LogP contribution in [0, 0.1) is 0 Å². The van der Waals surface area contributed by atoms with Crippen molar-refractivity contribution in [1.29, 1.82) is 0 Å². The van der Waals surface area contributed by atoms with E-state index in [4.69, 9.17) is 0 Å². The molecule has 3 rings (SSSR count). The van der Waals surface area contributed by atoms with Crippen LogP contribution in [0.3, 0.4) is 0 Å². The van der Waals surface area contributed by atoms with Gasteiger partial charge in [-0.05, 0) is 18.2 Å². The fourth-order valence-electron chi connectivity index (χ4n) is 2.42. The molecule has 3 aromatic rings. The first kappa shape index (κ1) is 16.9. The maximum absolute atomic E-state index is 12.9. The fourth-order valence-corrected chi connectivity index (χ4v) is 2.42. The van der Waals surface area contributed by atoms with Gasteiger partial charge in [-0.1, -0.05) is 12.1 Å². The van der Waals surface area contributed by atoms with Crippen LogP contribution < -0.4 is 5.32 Å². The number of anilines is 1. The van der Waals surface area contributed by atoms with Crippen LogP contribution in [0.25, 0.3) is 11.0 Å². The van der Waals surface area contributed by atoms with E-state index in [0.717, 1.165) is 5.52 Å². The Morgan fingerprint density at radius 2 is 1.92 bits per heavy atom. The van der Waals surface area contributed by atoms with Crippen molar-refractivity contribution in [2.75, 3.05) is 5.32 Å². The maximum Gasteiger partial charge on any atom is 0.282 e. The smallest absolute Gasteiger partial charge is 0.282 e. The Morgan fingerprint density at radius 1 is 1.20 bits per heavy atom. The second-order valence-electron chi connectivity index (χ2n) is 5.28.